The van der Waals surface area contributed by atoms with Crippen molar-refractivity contribution in [2.75, 3.05) is 53.4 Å². The Bertz CT molecular complexity index is 1460. The summed E-state index contributed by atoms with van der Waals surface area (Å²) in [5, 5.41) is 52.7. The molecule has 0 heterocycles. The van der Waals surface area contributed by atoms with E-state index in [1.807, 2.05) is 6.92 Å². The average Bonchev–Trinajstić information content (AvgIpc) is 3.30. The smallest absolute Gasteiger partial charge is 0.328 e. The summed E-state index contributed by atoms with van der Waals surface area (Å²) in [6.07, 6.45) is -1.05. The van der Waals surface area contributed by atoms with Crippen molar-refractivity contribution < 1.29 is 97.1 Å². The first-order valence-electron chi connectivity index (χ1n) is 22.5. The van der Waals surface area contributed by atoms with E-state index in [0.717, 1.165) is 6.42 Å². The maximum atomic E-state index is 12.0. The number of ether oxygens (including phenoxy) is 6. The lowest BCUT2D eigenvalue weighted by Crippen LogP contribution is -2.44. The second kappa shape index (κ2) is 40.1. The van der Waals surface area contributed by atoms with Crippen molar-refractivity contribution in [3.63, 3.8) is 0 Å². The maximum absolute atomic E-state index is 12.0. The Morgan fingerprint density at radius 2 is 0.806 bits per heavy atom. The van der Waals surface area contributed by atoms with Gasteiger partial charge < -0.3 is 69.9 Å². The molecule has 6 unspecified atom stereocenters. The number of amides is 3. The summed E-state index contributed by atoms with van der Waals surface area (Å²) in [6, 6.07) is -2.88. The molecule has 0 radical (unpaired) electrons. The highest BCUT2D eigenvalue weighted by molar-refractivity contribution is 5.87. The van der Waals surface area contributed by atoms with Crippen LogP contribution in [0, 0.1) is 17.8 Å². The molecule has 0 aromatic rings. The van der Waals surface area contributed by atoms with E-state index < -0.39 is 85.5 Å². The van der Waals surface area contributed by atoms with Crippen molar-refractivity contribution in [2.24, 2.45) is 17.8 Å². The van der Waals surface area contributed by atoms with Crippen LogP contribution >= 0.6 is 0 Å². The molecular weight excluding hydrogens is 890 g/mol. The lowest BCUT2D eigenvalue weighted by atomic mass is 10.1. The van der Waals surface area contributed by atoms with Crippen LogP contribution in [0.3, 0.4) is 0 Å². The second-order valence-electron chi connectivity index (χ2n) is 15.9. The van der Waals surface area contributed by atoms with Crippen LogP contribution in [0.5, 0.6) is 0 Å². The normalized spacial score (nSPS) is 13.3. The zero-order valence-electron chi connectivity index (χ0n) is 40.9. The van der Waals surface area contributed by atoms with Crippen LogP contribution in [0.25, 0.3) is 0 Å². The highest BCUT2D eigenvalue weighted by Gasteiger charge is 2.27. The standard InChI is InChI=1S/C16H29NO8.2C14H25NO6/c1-4-11(19)8-24-14(21)6-5-13(17-15(22)10(2)3)16(23)25-9-12(20)7-18;1-5-10(16)8-21-12(17)7-6-11(14(19)20-4)15-13(18)9(2)3;1-4-8-20-12(17)6-5-11(14(19)21-9-7-16)15-13(18)10(2)3/h10-13,18-20H,4-9H2,1-3H3,(H,17,22);9-11,16H,5-8H2,1-4H3,(H,15,18);10-11,16H,4-9H2,1-3H3,(H,15,18). The third-order valence-electron chi connectivity index (χ3n) is 8.74. The van der Waals surface area contributed by atoms with E-state index in [0.29, 0.717) is 19.4 Å². The highest BCUT2D eigenvalue weighted by Crippen LogP contribution is 2.08. The second-order valence-corrected chi connectivity index (χ2v) is 15.9. The lowest BCUT2D eigenvalue weighted by molar-refractivity contribution is -0.153. The molecule has 390 valence electrons. The van der Waals surface area contributed by atoms with Crippen molar-refractivity contribution in [1.29, 1.82) is 0 Å². The summed E-state index contributed by atoms with van der Waals surface area (Å²) in [7, 11) is 1.22. The molecule has 0 aromatic carbocycles. The van der Waals surface area contributed by atoms with Crippen molar-refractivity contribution in [2.45, 2.75) is 157 Å². The van der Waals surface area contributed by atoms with Crippen LogP contribution < -0.4 is 16.0 Å². The number of carbonyl (C=O) groups is 9. The third kappa shape index (κ3) is 35.8. The van der Waals surface area contributed by atoms with E-state index in [1.165, 1.54) is 7.11 Å². The number of hydrogen-bond donors (Lipinski definition) is 8. The van der Waals surface area contributed by atoms with Crippen LogP contribution in [-0.2, 0) is 71.6 Å². The third-order valence-corrected chi connectivity index (χ3v) is 8.74. The van der Waals surface area contributed by atoms with Gasteiger partial charge in [-0.3, -0.25) is 28.8 Å². The van der Waals surface area contributed by atoms with Gasteiger partial charge in [0.15, 0.2) is 0 Å². The number of aliphatic hydroxyl groups is 5. The number of carbonyl (C=O) groups excluding carboxylic acids is 9. The van der Waals surface area contributed by atoms with Crippen LogP contribution in [0.4, 0.5) is 0 Å². The number of hydrogen-bond acceptors (Lipinski definition) is 20. The molecule has 0 saturated carbocycles. The fraction of sp³-hybridized carbons (Fsp3) is 0.795. The number of aliphatic hydroxyl groups excluding tert-OH is 5. The molecule has 0 fully saturated rings. The first kappa shape index (κ1) is 66.3. The van der Waals surface area contributed by atoms with Crippen molar-refractivity contribution in [3.8, 4) is 0 Å². The zero-order chi connectivity index (χ0) is 52.1. The van der Waals surface area contributed by atoms with Crippen molar-refractivity contribution >= 4 is 53.5 Å². The maximum Gasteiger partial charge on any atom is 0.328 e. The van der Waals surface area contributed by atoms with E-state index in [1.54, 1.807) is 55.4 Å². The van der Waals surface area contributed by atoms with Gasteiger partial charge in [0, 0.05) is 37.0 Å². The Morgan fingerprint density at radius 3 is 1.12 bits per heavy atom. The monoisotopic (exact) mass is 970 g/mol. The summed E-state index contributed by atoms with van der Waals surface area (Å²) in [6.45, 7) is 14.2. The van der Waals surface area contributed by atoms with Crippen LogP contribution in [-0.4, -0.2) is 169 Å². The minimum Gasteiger partial charge on any atom is -0.467 e. The first-order chi connectivity index (χ1) is 31.4. The molecule has 3 amide bonds. The van der Waals surface area contributed by atoms with E-state index in [9.17, 15) is 58.5 Å². The molecule has 0 aromatic heterocycles. The summed E-state index contributed by atoms with van der Waals surface area (Å²) in [5.41, 5.74) is 0. The van der Waals surface area contributed by atoms with Crippen molar-refractivity contribution in [1.82, 2.24) is 16.0 Å². The van der Waals surface area contributed by atoms with Crippen LogP contribution in [0.15, 0.2) is 0 Å². The number of methoxy groups -OCH3 is 1. The van der Waals surface area contributed by atoms with E-state index in [-0.39, 0.29) is 100 Å². The minimum absolute atomic E-state index is 0.0112. The summed E-state index contributed by atoms with van der Waals surface area (Å²) in [5.74, 6) is -5.57. The van der Waals surface area contributed by atoms with Gasteiger partial charge in [0.2, 0.25) is 17.7 Å². The molecule has 8 N–H and O–H groups in total. The molecular formula is C44H79N3O20. The van der Waals surface area contributed by atoms with Gasteiger partial charge in [-0.05, 0) is 38.5 Å². The van der Waals surface area contributed by atoms with Gasteiger partial charge in [0.05, 0.1) is 39.1 Å². The van der Waals surface area contributed by atoms with Gasteiger partial charge >= 0.3 is 35.8 Å². The SMILES string of the molecule is CCC(O)COC(=O)CCC(NC(=O)C(C)C)C(=O)OC.CCC(O)COC(=O)CCC(NC(=O)C(C)C)C(=O)OCC(O)CO.CCCOC(=O)CCC(NC(=O)C(C)C)C(=O)OCCO. The Hall–Kier alpha value is -4.97. The summed E-state index contributed by atoms with van der Waals surface area (Å²) >= 11 is 0. The summed E-state index contributed by atoms with van der Waals surface area (Å²) in [4.78, 5) is 105. The van der Waals surface area contributed by atoms with E-state index >= 15 is 0 Å². The summed E-state index contributed by atoms with van der Waals surface area (Å²) < 4.78 is 28.9. The quantitative estimate of drug-likeness (QED) is 0.0332. The molecule has 6 atom stereocenters. The van der Waals surface area contributed by atoms with Crippen molar-refractivity contribution in [3.05, 3.63) is 0 Å². The topological polar surface area (TPSA) is 346 Å². The molecule has 0 aliphatic rings. The Kier molecular flexibility index (Phi) is 39.7. The number of esters is 6. The molecule has 0 aliphatic carbocycles. The van der Waals surface area contributed by atoms with Gasteiger partial charge in [-0.25, -0.2) is 14.4 Å². The molecule has 0 spiro atoms. The predicted octanol–water partition coefficient (Wildman–Crippen LogP) is -0.0915. The van der Waals surface area contributed by atoms with Gasteiger partial charge in [-0.15, -0.1) is 0 Å². The van der Waals surface area contributed by atoms with Gasteiger partial charge in [-0.1, -0.05) is 62.3 Å². The lowest BCUT2D eigenvalue weighted by Gasteiger charge is -2.19. The average molecular weight is 970 g/mol. The Balaban J connectivity index is -0.000000922. The molecule has 23 nitrogen and oxygen atoms in total. The molecule has 0 aliphatic heterocycles. The first-order valence-corrected chi connectivity index (χ1v) is 22.5. The largest absolute Gasteiger partial charge is 0.467 e. The van der Waals surface area contributed by atoms with E-state index in [2.05, 4.69) is 20.7 Å². The fourth-order valence-corrected chi connectivity index (χ4v) is 4.32. The minimum atomic E-state index is -1.22. The predicted molar refractivity (Wildman–Crippen MR) is 238 cm³/mol. The molecule has 0 saturated heterocycles. The number of rotatable bonds is 31. The van der Waals surface area contributed by atoms with Gasteiger partial charge in [0.1, 0.15) is 50.7 Å². The molecule has 0 rings (SSSR count). The van der Waals surface area contributed by atoms with E-state index in [4.69, 9.17) is 33.9 Å². The number of nitrogens with one attached hydrogen (secondary N) is 3. The highest BCUT2D eigenvalue weighted by atomic mass is 16.6. The molecule has 23 heteroatoms. The Labute approximate surface area is 393 Å². The van der Waals surface area contributed by atoms with Crippen LogP contribution in [0.2, 0.25) is 0 Å². The fourth-order valence-electron chi connectivity index (χ4n) is 4.32. The van der Waals surface area contributed by atoms with Crippen LogP contribution in [0.1, 0.15) is 120 Å². The molecule has 0 bridgehead atoms. The van der Waals surface area contributed by atoms with Gasteiger partial charge in [-0.2, -0.15) is 0 Å². The zero-order valence-corrected chi connectivity index (χ0v) is 40.9. The van der Waals surface area contributed by atoms with Gasteiger partial charge in [0.25, 0.3) is 0 Å². The Morgan fingerprint density at radius 1 is 0.463 bits per heavy atom. The molecule has 67 heavy (non-hydrogen) atoms.